The highest BCUT2D eigenvalue weighted by Crippen LogP contribution is 2.27. The molecule has 1 unspecified atom stereocenters. The molecule has 2 saturated heterocycles. The topological polar surface area (TPSA) is 33.1 Å². The lowest BCUT2D eigenvalue weighted by Gasteiger charge is -2.27. The fourth-order valence-electron chi connectivity index (χ4n) is 3.54. The summed E-state index contributed by atoms with van der Waals surface area (Å²) in [4.78, 5) is 7.01. The lowest BCUT2D eigenvalue weighted by Crippen LogP contribution is -2.30. The minimum Gasteiger partial charge on any atom is -0.330 e. The minimum absolute atomic E-state index is 0.547. The van der Waals surface area contributed by atoms with Crippen molar-refractivity contribution in [2.75, 3.05) is 32.7 Å². The van der Waals surface area contributed by atoms with E-state index in [0.717, 1.165) is 13.1 Å². The van der Waals surface area contributed by atoms with Crippen molar-refractivity contribution >= 4 is 0 Å². The summed E-state index contributed by atoms with van der Waals surface area (Å²) in [6, 6.07) is 0.547. The van der Waals surface area contributed by atoms with Crippen LogP contribution in [0.4, 0.5) is 0 Å². The second kappa shape index (κ2) is 6.06. The quantitative estimate of drug-likeness (QED) is 0.901. The van der Waals surface area contributed by atoms with Crippen molar-refractivity contribution in [3.05, 3.63) is 18.2 Å². The molecule has 0 saturated carbocycles. The number of hydrogen-bond donors (Lipinski definition) is 1. The number of aromatic nitrogens is 2. The lowest BCUT2D eigenvalue weighted by atomic mass is 9.94. The maximum atomic E-state index is 4.42. The van der Waals surface area contributed by atoms with E-state index in [1.54, 1.807) is 0 Å². The van der Waals surface area contributed by atoms with Crippen LogP contribution in [0.1, 0.15) is 50.3 Å². The molecule has 3 rings (SSSR count). The second-order valence-corrected chi connectivity index (χ2v) is 6.11. The fraction of sp³-hybridized carbons (Fsp3) is 0.800. The predicted octanol–water partition coefficient (Wildman–Crippen LogP) is 2.01. The number of nitrogens with zero attached hydrogens (tertiary/aromatic N) is 3. The molecule has 106 valence electrons. The van der Waals surface area contributed by atoms with Gasteiger partial charge in [0.1, 0.15) is 0 Å². The first kappa shape index (κ1) is 13.1. The molecule has 1 aromatic rings. The normalized spacial score (nSPS) is 23.8. The van der Waals surface area contributed by atoms with Crippen molar-refractivity contribution in [1.29, 1.82) is 0 Å². The molecule has 1 N–H and O–H groups in total. The summed E-state index contributed by atoms with van der Waals surface area (Å²) in [5, 5.41) is 3.45. The Morgan fingerprint density at radius 2 is 2.05 bits per heavy atom. The summed E-state index contributed by atoms with van der Waals surface area (Å²) >= 11 is 0. The van der Waals surface area contributed by atoms with E-state index in [9.17, 15) is 0 Å². The van der Waals surface area contributed by atoms with Crippen LogP contribution in [-0.2, 0) is 0 Å². The summed E-state index contributed by atoms with van der Waals surface area (Å²) in [7, 11) is 0. The van der Waals surface area contributed by atoms with Gasteiger partial charge >= 0.3 is 0 Å². The summed E-state index contributed by atoms with van der Waals surface area (Å²) in [5.74, 6) is 0.699. The summed E-state index contributed by atoms with van der Waals surface area (Å²) in [5.41, 5.74) is 1.45. The number of piperidine rings is 1. The number of likely N-dealkylation sites (tertiary alicyclic amines) is 1. The molecule has 0 spiro atoms. The summed E-state index contributed by atoms with van der Waals surface area (Å²) in [6.45, 7) is 8.37. The van der Waals surface area contributed by atoms with Crippen LogP contribution in [0.15, 0.2) is 12.5 Å². The van der Waals surface area contributed by atoms with Gasteiger partial charge in [-0.05, 0) is 58.8 Å². The van der Waals surface area contributed by atoms with Crippen LogP contribution in [0.3, 0.4) is 0 Å². The maximum absolute atomic E-state index is 4.42. The molecule has 0 radical (unpaired) electrons. The van der Waals surface area contributed by atoms with E-state index in [2.05, 4.69) is 32.9 Å². The van der Waals surface area contributed by atoms with E-state index in [-0.39, 0.29) is 0 Å². The monoisotopic (exact) mass is 262 g/mol. The van der Waals surface area contributed by atoms with Crippen molar-refractivity contribution in [1.82, 2.24) is 19.8 Å². The Hall–Kier alpha value is -0.870. The molecular formula is C15H26N4. The molecule has 1 atom stereocenters. The molecule has 2 aliphatic heterocycles. The Kier molecular flexibility index (Phi) is 4.18. The zero-order valence-electron chi connectivity index (χ0n) is 12.0. The van der Waals surface area contributed by atoms with Gasteiger partial charge in [0.25, 0.3) is 0 Å². The third kappa shape index (κ3) is 3.00. The molecule has 0 bridgehead atoms. The molecule has 1 aromatic heterocycles. The van der Waals surface area contributed by atoms with Crippen LogP contribution in [0, 0.1) is 0 Å². The Labute approximate surface area is 116 Å². The highest BCUT2D eigenvalue weighted by molar-refractivity contribution is 5.09. The van der Waals surface area contributed by atoms with Crippen LogP contribution >= 0.6 is 0 Å². The van der Waals surface area contributed by atoms with Gasteiger partial charge in [-0.15, -0.1) is 0 Å². The molecule has 0 amide bonds. The second-order valence-electron chi connectivity index (χ2n) is 6.11. The van der Waals surface area contributed by atoms with Crippen LogP contribution in [0.25, 0.3) is 0 Å². The average Bonchev–Trinajstić information content (AvgIpc) is 3.10. The molecule has 0 aromatic carbocycles. The van der Waals surface area contributed by atoms with Crippen LogP contribution in [0.2, 0.25) is 0 Å². The van der Waals surface area contributed by atoms with Gasteiger partial charge in [-0.25, -0.2) is 4.98 Å². The molecule has 4 nitrogen and oxygen atoms in total. The van der Waals surface area contributed by atoms with Crippen molar-refractivity contribution in [3.63, 3.8) is 0 Å². The molecule has 2 fully saturated rings. The van der Waals surface area contributed by atoms with E-state index >= 15 is 0 Å². The Morgan fingerprint density at radius 3 is 2.79 bits per heavy atom. The fourth-order valence-corrected chi connectivity index (χ4v) is 3.54. The van der Waals surface area contributed by atoms with Crippen LogP contribution in [-0.4, -0.2) is 47.2 Å². The Morgan fingerprint density at radius 1 is 1.32 bits per heavy atom. The molecule has 4 heteroatoms. The number of hydrogen-bond acceptors (Lipinski definition) is 3. The van der Waals surface area contributed by atoms with E-state index in [0.29, 0.717) is 12.0 Å². The number of nitrogens with one attached hydrogen (secondary N) is 1. The molecule has 0 aliphatic carbocycles. The average molecular weight is 262 g/mol. The number of rotatable bonds is 4. The maximum Gasteiger partial charge on any atom is 0.0951 e. The molecular weight excluding hydrogens is 236 g/mol. The number of imidazole rings is 1. The van der Waals surface area contributed by atoms with Gasteiger partial charge in [-0.1, -0.05) is 0 Å². The van der Waals surface area contributed by atoms with Gasteiger partial charge in [0, 0.05) is 30.4 Å². The van der Waals surface area contributed by atoms with Crippen molar-refractivity contribution < 1.29 is 0 Å². The van der Waals surface area contributed by atoms with Crippen molar-refractivity contribution in [2.24, 2.45) is 0 Å². The predicted molar refractivity (Wildman–Crippen MR) is 77.5 cm³/mol. The highest BCUT2D eigenvalue weighted by Gasteiger charge is 2.22. The van der Waals surface area contributed by atoms with E-state index < -0.39 is 0 Å². The van der Waals surface area contributed by atoms with Gasteiger partial charge in [0.2, 0.25) is 0 Å². The van der Waals surface area contributed by atoms with Gasteiger partial charge < -0.3 is 14.8 Å². The Balaban J connectivity index is 1.67. The van der Waals surface area contributed by atoms with Crippen molar-refractivity contribution in [2.45, 2.75) is 44.6 Å². The van der Waals surface area contributed by atoms with Crippen LogP contribution < -0.4 is 5.32 Å². The third-order valence-electron chi connectivity index (χ3n) is 4.65. The molecule has 2 aliphatic rings. The van der Waals surface area contributed by atoms with Gasteiger partial charge in [-0.2, -0.15) is 0 Å². The largest absolute Gasteiger partial charge is 0.330 e. The van der Waals surface area contributed by atoms with Crippen molar-refractivity contribution in [3.8, 4) is 0 Å². The molecule has 3 heterocycles. The summed E-state index contributed by atoms with van der Waals surface area (Å²) < 4.78 is 2.42. The first-order chi connectivity index (χ1) is 9.34. The van der Waals surface area contributed by atoms with E-state index in [1.165, 1.54) is 51.0 Å². The Bertz CT molecular complexity index is 389. The SMILES string of the molecule is CC(CN1CCCC1)n1cncc1C1CCNCC1. The van der Waals surface area contributed by atoms with Gasteiger partial charge in [0.05, 0.1) is 6.33 Å². The van der Waals surface area contributed by atoms with E-state index in [4.69, 9.17) is 0 Å². The standard InChI is InChI=1S/C15H26N4/c1-13(11-18-8-2-3-9-18)19-12-17-10-15(19)14-4-6-16-7-5-14/h10,12-14,16H,2-9,11H2,1H3. The smallest absolute Gasteiger partial charge is 0.0951 e. The van der Waals surface area contributed by atoms with Gasteiger partial charge in [0.15, 0.2) is 0 Å². The lowest BCUT2D eigenvalue weighted by molar-refractivity contribution is 0.281. The third-order valence-corrected chi connectivity index (χ3v) is 4.65. The van der Waals surface area contributed by atoms with Crippen LogP contribution in [0.5, 0.6) is 0 Å². The zero-order chi connectivity index (χ0) is 13.1. The summed E-state index contributed by atoms with van der Waals surface area (Å²) in [6.07, 6.45) is 9.38. The first-order valence-electron chi connectivity index (χ1n) is 7.79. The minimum atomic E-state index is 0.547. The zero-order valence-corrected chi connectivity index (χ0v) is 12.0. The van der Waals surface area contributed by atoms with E-state index in [1.807, 2.05) is 6.33 Å². The first-order valence-corrected chi connectivity index (χ1v) is 7.79. The molecule has 19 heavy (non-hydrogen) atoms. The van der Waals surface area contributed by atoms with Gasteiger partial charge in [-0.3, -0.25) is 0 Å². The highest BCUT2D eigenvalue weighted by atomic mass is 15.2.